The minimum absolute atomic E-state index is 0.163. The molecule has 1 atom stereocenters. The van der Waals surface area contributed by atoms with Gasteiger partial charge in [0.25, 0.3) is 0 Å². The predicted molar refractivity (Wildman–Crippen MR) is 137 cm³/mol. The summed E-state index contributed by atoms with van der Waals surface area (Å²) in [7, 11) is -4.01. The van der Waals surface area contributed by atoms with E-state index in [-0.39, 0.29) is 17.2 Å². The van der Waals surface area contributed by atoms with E-state index in [0.29, 0.717) is 22.4 Å². The minimum Gasteiger partial charge on any atom is -0.350 e. The van der Waals surface area contributed by atoms with Crippen LogP contribution in [0.15, 0.2) is 60.8 Å². The predicted octanol–water partition coefficient (Wildman–Crippen LogP) is 4.82. The summed E-state index contributed by atoms with van der Waals surface area (Å²) < 4.78 is 71.9. The fraction of sp³-hybridized carbons (Fsp3) is 0.231. The maximum atomic E-state index is 15.0. The molecule has 1 saturated heterocycles. The Morgan fingerprint density at radius 1 is 1.00 bits per heavy atom. The Bertz CT molecular complexity index is 1550. The third kappa shape index (κ3) is 5.67. The van der Waals surface area contributed by atoms with Crippen LogP contribution in [0.4, 0.5) is 24.8 Å². The second-order valence-corrected chi connectivity index (χ2v) is 10.6. The zero-order valence-electron chi connectivity index (χ0n) is 19.6. The first-order valence-corrected chi connectivity index (χ1v) is 13.4. The highest BCUT2D eigenvalue weighted by Gasteiger charge is 2.22. The molecule has 1 unspecified atom stereocenters. The molecule has 5 rings (SSSR count). The Morgan fingerprint density at radius 3 is 2.57 bits per heavy atom. The Morgan fingerprint density at radius 2 is 1.81 bits per heavy atom. The quantitative estimate of drug-likeness (QED) is 0.319. The van der Waals surface area contributed by atoms with Gasteiger partial charge in [-0.25, -0.2) is 31.6 Å². The number of aromatic nitrogens is 2. The molecule has 1 aromatic heterocycles. The van der Waals surface area contributed by atoms with Crippen molar-refractivity contribution in [1.29, 1.82) is 0 Å². The molecular formula is C26H24F3N5O2S. The van der Waals surface area contributed by atoms with Gasteiger partial charge in [-0.2, -0.15) is 0 Å². The summed E-state index contributed by atoms with van der Waals surface area (Å²) in [5.41, 5.74) is -0.299. The van der Waals surface area contributed by atoms with Gasteiger partial charge in [0.05, 0.1) is 17.0 Å². The van der Waals surface area contributed by atoms with E-state index in [0.717, 1.165) is 44.1 Å². The van der Waals surface area contributed by atoms with E-state index in [9.17, 15) is 12.8 Å². The maximum absolute atomic E-state index is 15.0. The normalized spacial score (nSPS) is 16.0. The number of halogens is 3. The number of sulfonamides is 1. The molecule has 4 aromatic rings. The van der Waals surface area contributed by atoms with Crippen LogP contribution in [0.5, 0.6) is 0 Å². The summed E-state index contributed by atoms with van der Waals surface area (Å²) >= 11 is 0. The molecule has 2 heterocycles. The van der Waals surface area contributed by atoms with Crippen molar-refractivity contribution in [1.82, 2.24) is 15.3 Å². The van der Waals surface area contributed by atoms with Crippen molar-refractivity contribution >= 4 is 32.6 Å². The van der Waals surface area contributed by atoms with E-state index in [1.165, 1.54) is 12.3 Å². The van der Waals surface area contributed by atoms with Gasteiger partial charge in [-0.3, -0.25) is 4.72 Å². The van der Waals surface area contributed by atoms with E-state index in [1.807, 2.05) is 0 Å². The Hall–Kier alpha value is -3.70. The molecule has 0 radical (unpaired) electrons. The van der Waals surface area contributed by atoms with E-state index in [1.54, 1.807) is 30.3 Å². The number of hydrogen-bond donors (Lipinski definition) is 3. The van der Waals surface area contributed by atoms with Gasteiger partial charge in [-0.1, -0.05) is 30.3 Å². The summed E-state index contributed by atoms with van der Waals surface area (Å²) in [6, 6.07) is 13.2. The lowest BCUT2D eigenvalue weighted by molar-refractivity contribution is 0.478. The highest BCUT2D eigenvalue weighted by molar-refractivity contribution is 7.91. The van der Waals surface area contributed by atoms with Gasteiger partial charge in [0.2, 0.25) is 16.0 Å². The molecule has 3 aromatic carbocycles. The first-order chi connectivity index (χ1) is 17.8. The molecular weight excluding hydrogens is 503 g/mol. The number of fused-ring (bicyclic) bond motifs is 1. The molecule has 0 saturated carbocycles. The second kappa shape index (κ2) is 10.3. The number of piperidine rings is 1. The Balaban J connectivity index is 1.40. The van der Waals surface area contributed by atoms with Crippen molar-refractivity contribution in [3.8, 4) is 11.1 Å². The number of benzene rings is 3. The number of rotatable bonds is 7. The van der Waals surface area contributed by atoms with Gasteiger partial charge in [-0.15, -0.1) is 0 Å². The van der Waals surface area contributed by atoms with Crippen LogP contribution in [-0.2, 0) is 15.8 Å². The van der Waals surface area contributed by atoms with Crippen LogP contribution in [0.2, 0.25) is 0 Å². The zero-order valence-corrected chi connectivity index (χ0v) is 20.5. The van der Waals surface area contributed by atoms with Crippen molar-refractivity contribution in [2.45, 2.75) is 24.6 Å². The van der Waals surface area contributed by atoms with Crippen LogP contribution >= 0.6 is 0 Å². The Kier molecular flexibility index (Phi) is 6.98. The molecule has 3 N–H and O–H groups in total. The molecule has 1 fully saturated rings. The topological polar surface area (TPSA) is 96.0 Å². The molecule has 7 nitrogen and oxygen atoms in total. The van der Waals surface area contributed by atoms with Gasteiger partial charge < -0.3 is 10.6 Å². The van der Waals surface area contributed by atoms with Crippen LogP contribution in [-0.4, -0.2) is 37.5 Å². The van der Waals surface area contributed by atoms with Gasteiger partial charge in [-0.05, 0) is 43.1 Å². The average molecular weight is 528 g/mol. The highest BCUT2D eigenvalue weighted by Crippen LogP contribution is 2.33. The van der Waals surface area contributed by atoms with E-state index in [4.69, 9.17) is 0 Å². The monoisotopic (exact) mass is 527 g/mol. The van der Waals surface area contributed by atoms with E-state index >= 15 is 8.78 Å². The van der Waals surface area contributed by atoms with Gasteiger partial charge in [0.15, 0.2) is 11.6 Å². The minimum atomic E-state index is -4.01. The van der Waals surface area contributed by atoms with Crippen molar-refractivity contribution in [3.63, 3.8) is 0 Å². The maximum Gasteiger partial charge on any atom is 0.237 e. The third-order valence-electron chi connectivity index (χ3n) is 6.14. The molecule has 1 aliphatic heterocycles. The van der Waals surface area contributed by atoms with Gasteiger partial charge in [0, 0.05) is 41.4 Å². The smallest absolute Gasteiger partial charge is 0.237 e. The van der Waals surface area contributed by atoms with Crippen molar-refractivity contribution in [3.05, 3.63) is 83.8 Å². The first-order valence-electron chi connectivity index (χ1n) is 11.8. The fourth-order valence-corrected chi connectivity index (χ4v) is 5.52. The summed E-state index contributed by atoms with van der Waals surface area (Å²) in [5, 5.41) is 6.95. The fourth-order valence-electron chi connectivity index (χ4n) is 4.32. The van der Waals surface area contributed by atoms with Gasteiger partial charge in [0.1, 0.15) is 5.82 Å². The lowest BCUT2D eigenvalue weighted by Gasteiger charge is -2.23. The molecule has 0 aliphatic carbocycles. The highest BCUT2D eigenvalue weighted by atomic mass is 32.2. The summed E-state index contributed by atoms with van der Waals surface area (Å²) in [5.74, 6) is -3.65. The summed E-state index contributed by atoms with van der Waals surface area (Å²) in [6.45, 7) is 1.74. The van der Waals surface area contributed by atoms with Crippen molar-refractivity contribution < 1.29 is 21.6 Å². The van der Waals surface area contributed by atoms with Crippen molar-refractivity contribution in [2.24, 2.45) is 0 Å². The summed E-state index contributed by atoms with van der Waals surface area (Å²) in [6.07, 6.45) is 3.48. The van der Waals surface area contributed by atoms with Crippen molar-refractivity contribution in [2.75, 3.05) is 23.1 Å². The van der Waals surface area contributed by atoms with Crippen LogP contribution in [0.25, 0.3) is 22.0 Å². The molecule has 0 amide bonds. The first kappa shape index (κ1) is 25.0. The summed E-state index contributed by atoms with van der Waals surface area (Å²) in [4.78, 5) is 8.64. The van der Waals surface area contributed by atoms with Crippen LogP contribution in [0.3, 0.4) is 0 Å². The van der Waals surface area contributed by atoms with Crippen LogP contribution in [0, 0.1) is 17.5 Å². The molecule has 11 heteroatoms. The molecule has 37 heavy (non-hydrogen) atoms. The van der Waals surface area contributed by atoms with Crippen LogP contribution < -0.4 is 15.4 Å². The van der Waals surface area contributed by atoms with Crippen LogP contribution in [0.1, 0.15) is 18.4 Å². The lowest BCUT2D eigenvalue weighted by atomic mass is 10.0. The Labute approximate surface area is 212 Å². The number of hydrogen-bond acceptors (Lipinski definition) is 6. The third-order valence-corrected chi connectivity index (χ3v) is 7.38. The lowest BCUT2D eigenvalue weighted by Crippen LogP contribution is -2.38. The zero-order chi connectivity index (χ0) is 26.0. The SMILES string of the molecule is O=S(=O)(Cc1ccccc1)Nc1ccc(-c2cc3cnc(NC4CCCNC4)nc3cc2F)c(F)c1F. The standard InChI is InChI=1S/C26H24F3N5O2S/c27-21-12-23-17(13-31-26(33-23)32-18-7-4-10-30-14-18)11-20(21)19-8-9-22(25(29)24(19)28)34-37(35,36)15-16-5-2-1-3-6-16/h1-3,5-6,8-9,11-13,18,30,34H,4,7,10,14-15H2,(H,31,32,33). The second-order valence-electron chi connectivity index (χ2n) is 8.91. The van der Waals surface area contributed by atoms with E-state index < -0.39 is 38.9 Å². The number of anilines is 2. The number of nitrogens with one attached hydrogen (secondary N) is 3. The average Bonchev–Trinajstić information content (AvgIpc) is 2.88. The van der Waals surface area contributed by atoms with E-state index in [2.05, 4.69) is 25.3 Å². The van der Waals surface area contributed by atoms with Gasteiger partial charge >= 0.3 is 0 Å². The molecule has 1 aliphatic rings. The molecule has 0 spiro atoms. The number of nitrogens with zero attached hydrogens (tertiary/aromatic N) is 2. The molecule has 0 bridgehead atoms. The largest absolute Gasteiger partial charge is 0.350 e. The molecule has 192 valence electrons.